The number of carbonyl (C=O) groups is 3. The molecule has 5 rings (SSSR count). The van der Waals surface area contributed by atoms with Gasteiger partial charge in [0, 0.05) is 18.5 Å². The van der Waals surface area contributed by atoms with Crippen molar-refractivity contribution in [2.45, 2.75) is 57.5 Å². The summed E-state index contributed by atoms with van der Waals surface area (Å²) < 4.78 is 5.25. The minimum atomic E-state index is -0.711. The van der Waals surface area contributed by atoms with E-state index >= 15 is 0 Å². The van der Waals surface area contributed by atoms with Gasteiger partial charge in [-0.15, -0.1) is 0 Å². The quantitative estimate of drug-likeness (QED) is 0.382. The molecular formula is C30H31N5O4S. The third kappa shape index (κ3) is 6.17. The maximum atomic E-state index is 13.6. The summed E-state index contributed by atoms with van der Waals surface area (Å²) in [5.41, 5.74) is 3.62. The molecule has 0 saturated heterocycles. The number of amides is 3. The fourth-order valence-electron chi connectivity index (χ4n) is 4.48. The lowest BCUT2D eigenvalue weighted by Gasteiger charge is -2.27. The van der Waals surface area contributed by atoms with E-state index in [1.807, 2.05) is 62.4 Å². The van der Waals surface area contributed by atoms with Gasteiger partial charge in [-0.25, -0.2) is 9.89 Å². The van der Waals surface area contributed by atoms with Crippen LogP contribution in [0.1, 0.15) is 48.6 Å². The second kappa shape index (κ2) is 12.3. The molecule has 0 bridgehead atoms. The number of carbonyl (C=O) groups excluding carboxylic acids is 3. The summed E-state index contributed by atoms with van der Waals surface area (Å²) >= 11 is 1.26. The number of nitrogens with zero attached hydrogens (tertiary/aromatic N) is 3. The Kier molecular flexibility index (Phi) is 8.45. The van der Waals surface area contributed by atoms with E-state index in [4.69, 9.17) is 14.4 Å². The van der Waals surface area contributed by atoms with Crippen LogP contribution in [0, 0.1) is 6.92 Å². The van der Waals surface area contributed by atoms with Gasteiger partial charge in [0.2, 0.25) is 11.8 Å². The first kappa shape index (κ1) is 27.4. The van der Waals surface area contributed by atoms with E-state index in [1.165, 1.54) is 16.7 Å². The van der Waals surface area contributed by atoms with Crippen molar-refractivity contribution in [3.63, 3.8) is 0 Å². The molecule has 2 N–H and O–H groups in total. The predicted molar refractivity (Wildman–Crippen MR) is 155 cm³/mol. The number of aryl methyl sites for hydroxylation is 1. The minimum Gasteiger partial charge on any atom is -0.467 e. The topological polar surface area (TPSA) is 116 Å². The standard InChI is InChI=1S/C30H31N5O4S/c1-3-25(28(37)32-17-20-12-10-19(2)11-13-20)40-30-34-23-9-5-4-8-22(23)27-33-24(29(38)35(27)30)14-15-26(36)31-18-21-7-6-16-39-21/h4-13,16,24-25H,3,14-15,17-18H2,1-2H3,(H,31,36)(H,32,37)/t24-,25-/m1/s1. The maximum Gasteiger partial charge on any atom is 0.259 e. The number of furan rings is 1. The Bertz CT molecular complexity index is 1450. The van der Waals surface area contributed by atoms with Crippen LogP contribution in [0.3, 0.4) is 0 Å². The third-order valence-corrected chi connectivity index (χ3v) is 8.05. The Balaban J connectivity index is 1.27. The van der Waals surface area contributed by atoms with Crippen LogP contribution in [0.15, 0.2) is 81.3 Å². The molecule has 3 heterocycles. The van der Waals surface area contributed by atoms with Gasteiger partial charge in [0.15, 0.2) is 5.17 Å². The number of hydrogen-bond donors (Lipinski definition) is 2. The van der Waals surface area contributed by atoms with Crippen LogP contribution in [-0.2, 0) is 27.5 Å². The van der Waals surface area contributed by atoms with E-state index in [0.29, 0.717) is 35.4 Å². The Morgan fingerprint density at radius 2 is 1.85 bits per heavy atom. The van der Waals surface area contributed by atoms with Crippen molar-refractivity contribution in [2.24, 2.45) is 9.98 Å². The number of benzene rings is 2. The van der Waals surface area contributed by atoms with Gasteiger partial charge in [0.1, 0.15) is 17.6 Å². The van der Waals surface area contributed by atoms with Gasteiger partial charge < -0.3 is 15.1 Å². The van der Waals surface area contributed by atoms with Gasteiger partial charge in [-0.3, -0.25) is 19.4 Å². The zero-order chi connectivity index (χ0) is 28.1. The molecule has 10 heteroatoms. The average Bonchev–Trinajstić information content (AvgIpc) is 3.61. The zero-order valence-corrected chi connectivity index (χ0v) is 23.2. The molecule has 3 amide bonds. The summed E-state index contributed by atoms with van der Waals surface area (Å²) in [6.45, 7) is 4.67. The first-order valence-corrected chi connectivity index (χ1v) is 14.2. The highest BCUT2D eigenvalue weighted by atomic mass is 32.2. The Morgan fingerprint density at radius 1 is 1.05 bits per heavy atom. The molecule has 0 aliphatic carbocycles. The van der Waals surface area contributed by atoms with E-state index in [1.54, 1.807) is 18.4 Å². The van der Waals surface area contributed by atoms with Gasteiger partial charge >= 0.3 is 0 Å². The monoisotopic (exact) mass is 557 g/mol. The minimum absolute atomic E-state index is 0.121. The summed E-state index contributed by atoms with van der Waals surface area (Å²) in [5, 5.41) is 5.79. The Labute approximate surface area is 237 Å². The first-order chi connectivity index (χ1) is 19.4. The van der Waals surface area contributed by atoms with Crippen molar-refractivity contribution in [3.05, 3.63) is 89.4 Å². The molecule has 3 aromatic rings. The number of amidine groups is 2. The van der Waals surface area contributed by atoms with E-state index in [2.05, 4.69) is 10.6 Å². The number of aliphatic imine (C=N–C) groups is 2. The van der Waals surface area contributed by atoms with Crippen molar-refractivity contribution in [1.29, 1.82) is 0 Å². The van der Waals surface area contributed by atoms with Crippen LogP contribution in [0.5, 0.6) is 0 Å². The lowest BCUT2D eigenvalue weighted by molar-refractivity contribution is -0.125. The molecule has 9 nitrogen and oxygen atoms in total. The lowest BCUT2D eigenvalue weighted by Crippen LogP contribution is -2.43. The van der Waals surface area contributed by atoms with Crippen LogP contribution in [0.25, 0.3) is 0 Å². The molecule has 2 aliphatic rings. The molecule has 2 aliphatic heterocycles. The molecule has 0 spiro atoms. The van der Waals surface area contributed by atoms with Crippen LogP contribution < -0.4 is 10.6 Å². The highest BCUT2D eigenvalue weighted by Gasteiger charge is 2.42. The summed E-state index contributed by atoms with van der Waals surface area (Å²) in [4.78, 5) is 50.1. The van der Waals surface area contributed by atoms with Crippen LogP contribution >= 0.6 is 11.8 Å². The van der Waals surface area contributed by atoms with Crippen LogP contribution in [-0.4, -0.2) is 44.9 Å². The summed E-state index contributed by atoms with van der Waals surface area (Å²) in [6.07, 6.45) is 2.51. The van der Waals surface area contributed by atoms with Gasteiger partial charge in [-0.05, 0) is 49.6 Å². The molecule has 40 heavy (non-hydrogen) atoms. The van der Waals surface area contributed by atoms with Crippen molar-refractivity contribution >= 4 is 46.2 Å². The summed E-state index contributed by atoms with van der Waals surface area (Å²) in [6, 6.07) is 18.4. The molecule has 0 unspecified atom stereocenters. The second-order valence-corrected chi connectivity index (χ2v) is 10.8. The molecule has 0 saturated carbocycles. The number of nitrogens with one attached hydrogen (secondary N) is 2. The number of rotatable bonds is 10. The number of fused-ring (bicyclic) bond motifs is 3. The van der Waals surface area contributed by atoms with Gasteiger partial charge in [0.05, 0.1) is 23.7 Å². The number of thioether (sulfide) groups is 1. The highest BCUT2D eigenvalue weighted by molar-refractivity contribution is 8.15. The van der Waals surface area contributed by atoms with E-state index < -0.39 is 11.3 Å². The van der Waals surface area contributed by atoms with Gasteiger partial charge in [-0.1, -0.05) is 60.6 Å². The first-order valence-electron chi connectivity index (χ1n) is 13.3. The molecule has 2 aromatic carbocycles. The smallest absolute Gasteiger partial charge is 0.259 e. The molecular weight excluding hydrogens is 526 g/mol. The van der Waals surface area contributed by atoms with Crippen molar-refractivity contribution in [3.8, 4) is 0 Å². The van der Waals surface area contributed by atoms with Crippen molar-refractivity contribution < 1.29 is 18.8 Å². The predicted octanol–water partition coefficient (Wildman–Crippen LogP) is 4.47. The lowest BCUT2D eigenvalue weighted by atomic mass is 10.1. The molecule has 2 atom stereocenters. The highest BCUT2D eigenvalue weighted by Crippen LogP contribution is 2.35. The van der Waals surface area contributed by atoms with Gasteiger partial charge in [-0.2, -0.15) is 0 Å². The van der Waals surface area contributed by atoms with Crippen molar-refractivity contribution in [1.82, 2.24) is 15.5 Å². The fraction of sp³-hybridized carbons (Fsp3) is 0.300. The normalized spacial score (nSPS) is 16.5. The largest absolute Gasteiger partial charge is 0.467 e. The molecule has 0 radical (unpaired) electrons. The SMILES string of the molecule is CC[C@@H](SC1=Nc2ccccc2C2=N[C@H](CCC(=O)NCc3ccco3)C(=O)N12)C(=O)NCc1ccc(C)cc1. The van der Waals surface area contributed by atoms with E-state index in [-0.39, 0.29) is 37.1 Å². The summed E-state index contributed by atoms with van der Waals surface area (Å²) in [7, 11) is 0. The molecule has 0 fully saturated rings. The molecule has 1 aromatic heterocycles. The molecule has 206 valence electrons. The zero-order valence-electron chi connectivity index (χ0n) is 22.4. The van der Waals surface area contributed by atoms with Crippen molar-refractivity contribution in [2.75, 3.05) is 0 Å². The number of hydrogen-bond acceptors (Lipinski definition) is 7. The van der Waals surface area contributed by atoms with Crippen LogP contribution in [0.4, 0.5) is 5.69 Å². The third-order valence-electron chi connectivity index (χ3n) is 6.73. The summed E-state index contributed by atoms with van der Waals surface area (Å²) in [5.74, 6) is 0.614. The van der Waals surface area contributed by atoms with E-state index in [0.717, 1.165) is 16.7 Å². The van der Waals surface area contributed by atoms with Crippen LogP contribution in [0.2, 0.25) is 0 Å². The van der Waals surface area contributed by atoms with Gasteiger partial charge in [0.25, 0.3) is 5.91 Å². The fourth-order valence-corrected chi connectivity index (χ4v) is 5.53. The Hall–Kier alpha value is -4.18. The average molecular weight is 558 g/mol. The number of para-hydroxylation sites is 1. The maximum absolute atomic E-state index is 13.6. The van der Waals surface area contributed by atoms with E-state index in [9.17, 15) is 14.4 Å². The second-order valence-electron chi connectivity index (χ2n) is 9.67. The Morgan fingerprint density at radius 3 is 2.60 bits per heavy atom.